The number of rotatable bonds is 8. The van der Waals surface area contributed by atoms with Crippen LogP contribution in [0.5, 0.6) is 0 Å². The number of carbonyl (C=O) groups is 3. The predicted octanol–water partition coefficient (Wildman–Crippen LogP) is 5.27. The molecule has 0 aliphatic heterocycles. The van der Waals surface area contributed by atoms with E-state index in [0.29, 0.717) is 11.4 Å². The number of ketones is 1. The Hall–Kier alpha value is -3.26. The maximum Gasteiger partial charge on any atom is 0.317 e. The Kier molecular flexibility index (Phi) is 8.19. The van der Waals surface area contributed by atoms with Crippen LogP contribution in [0, 0.1) is 22.0 Å². The zero-order chi connectivity index (χ0) is 26.7. The van der Waals surface area contributed by atoms with Gasteiger partial charge in [0, 0.05) is 30.0 Å². The molecule has 1 aliphatic carbocycles. The zero-order valence-electron chi connectivity index (χ0n) is 20.8. The summed E-state index contributed by atoms with van der Waals surface area (Å²) in [6.45, 7) is 6.91. The summed E-state index contributed by atoms with van der Waals surface area (Å²) in [4.78, 5) is 49.1. The smallest absolute Gasteiger partial charge is 0.317 e. The summed E-state index contributed by atoms with van der Waals surface area (Å²) in [6.07, 6.45) is 1.01. The van der Waals surface area contributed by atoms with Crippen molar-refractivity contribution in [3.8, 4) is 0 Å². The Balaban J connectivity index is 1.79. The van der Waals surface area contributed by atoms with Crippen LogP contribution in [0.4, 0.5) is 5.69 Å². The van der Waals surface area contributed by atoms with Crippen LogP contribution in [0.3, 0.4) is 0 Å². The highest BCUT2D eigenvalue weighted by Gasteiger charge is 2.46. The lowest BCUT2D eigenvalue weighted by Crippen LogP contribution is -2.40. The van der Waals surface area contributed by atoms with Crippen LogP contribution >= 0.6 is 11.6 Å². The molecule has 3 unspecified atom stereocenters. The first kappa shape index (κ1) is 27.3. The van der Waals surface area contributed by atoms with Crippen molar-refractivity contribution in [2.24, 2.45) is 11.8 Å². The number of carbonyl (C=O) groups excluding carboxylic acids is 3. The molecule has 2 aromatic rings. The molecule has 36 heavy (non-hydrogen) atoms. The highest BCUT2D eigenvalue weighted by Crippen LogP contribution is 2.33. The van der Waals surface area contributed by atoms with E-state index in [9.17, 15) is 24.5 Å². The summed E-state index contributed by atoms with van der Waals surface area (Å²) < 4.78 is 11.3. The summed E-state index contributed by atoms with van der Waals surface area (Å²) in [7, 11) is 0. The highest BCUT2D eigenvalue weighted by molar-refractivity contribution is 6.30. The van der Waals surface area contributed by atoms with Crippen molar-refractivity contribution in [1.82, 2.24) is 0 Å². The van der Waals surface area contributed by atoms with Gasteiger partial charge in [0.1, 0.15) is 23.0 Å². The van der Waals surface area contributed by atoms with Gasteiger partial charge in [-0.05, 0) is 63.8 Å². The molecular weight excluding hydrogens is 486 g/mol. The van der Waals surface area contributed by atoms with E-state index in [0.717, 1.165) is 11.1 Å². The minimum Gasteiger partial charge on any atom is -0.459 e. The number of benzene rings is 2. The second-order valence-corrected chi connectivity index (χ2v) is 10.8. The number of hydrogen-bond donors (Lipinski definition) is 0. The van der Waals surface area contributed by atoms with Crippen molar-refractivity contribution >= 4 is 35.0 Å². The average Bonchev–Trinajstić information content (AvgIpc) is 3.16. The second kappa shape index (κ2) is 10.8. The van der Waals surface area contributed by atoms with Crippen LogP contribution in [-0.4, -0.2) is 33.8 Å². The molecule has 0 aromatic heterocycles. The van der Waals surface area contributed by atoms with Crippen molar-refractivity contribution in [1.29, 1.82) is 0 Å². The van der Waals surface area contributed by atoms with E-state index >= 15 is 0 Å². The number of nitrogens with zero attached hydrogens (tertiary/aromatic N) is 1. The molecule has 1 fully saturated rings. The Labute approximate surface area is 215 Å². The molecule has 0 saturated heterocycles. The number of Topliss-reactive ketones (excluding diaryl/α,β-unsaturated/α-hetero) is 1. The molecule has 0 spiro atoms. The Morgan fingerprint density at radius 3 is 1.78 bits per heavy atom. The lowest BCUT2D eigenvalue weighted by molar-refractivity contribution is -0.384. The van der Waals surface area contributed by atoms with E-state index < -0.39 is 45.7 Å². The topological polar surface area (TPSA) is 113 Å². The summed E-state index contributed by atoms with van der Waals surface area (Å²) in [5.41, 5.74) is -0.251. The third kappa shape index (κ3) is 7.13. The normalized spacial score (nSPS) is 19.4. The van der Waals surface area contributed by atoms with Crippen LogP contribution in [0.1, 0.15) is 51.7 Å². The van der Waals surface area contributed by atoms with Gasteiger partial charge in [-0.25, -0.2) is 0 Å². The standard InChI is InChI=1S/C27H30ClNO7/c1-26(2,3)35-24(31)21-13-14-22(23(21)30)25(32)36-27(4,15-17-5-9-19(28)10-6-17)16-18-7-11-20(12-8-18)29(33)34/h5-12,21-22H,13-16H2,1-4H3. The molecule has 1 saturated carbocycles. The van der Waals surface area contributed by atoms with Crippen LogP contribution in [0.25, 0.3) is 0 Å². The van der Waals surface area contributed by atoms with Gasteiger partial charge < -0.3 is 9.47 Å². The molecule has 2 aromatic carbocycles. The number of esters is 2. The number of non-ortho nitro benzene ring substituents is 1. The number of ether oxygens (including phenoxy) is 2. The first-order valence-electron chi connectivity index (χ1n) is 11.7. The van der Waals surface area contributed by atoms with Gasteiger partial charge in [-0.1, -0.05) is 35.9 Å². The Morgan fingerprint density at radius 2 is 1.33 bits per heavy atom. The molecular formula is C27H30ClNO7. The molecule has 1 aliphatic rings. The Bertz CT molecular complexity index is 1140. The van der Waals surface area contributed by atoms with Gasteiger partial charge in [0.2, 0.25) is 0 Å². The molecule has 0 bridgehead atoms. The maximum atomic E-state index is 13.2. The molecule has 8 nitrogen and oxygen atoms in total. The lowest BCUT2D eigenvalue weighted by atomic mass is 9.89. The molecule has 9 heteroatoms. The third-order valence-electron chi connectivity index (χ3n) is 5.97. The number of nitro groups is 1. The zero-order valence-corrected chi connectivity index (χ0v) is 21.5. The predicted molar refractivity (Wildman–Crippen MR) is 134 cm³/mol. The summed E-state index contributed by atoms with van der Waals surface area (Å²) in [6, 6.07) is 13.1. The molecule has 0 amide bonds. The second-order valence-electron chi connectivity index (χ2n) is 10.4. The summed E-state index contributed by atoms with van der Waals surface area (Å²) >= 11 is 6.00. The van der Waals surface area contributed by atoms with E-state index in [-0.39, 0.29) is 24.9 Å². The first-order valence-corrected chi connectivity index (χ1v) is 12.1. The monoisotopic (exact) mass is 515 g/mol. The molecule has 3 rings (SSSR count). The van der Waals surface area contributed by atoms with Crippen LogP contribution in [0.15, 0.2) is 48.5 Å². The molecule has 0 N–H and O–H groups in total. The van der Waals surface area contributed by atoms with Crippen LogP contribution in [-0.2, 0) is 36.7 Å². The lowest BCUT2D eigenvalue weighted by Gasteiger charge is -2.31. The van der Waals surface area contributed by atoms with Crippen molar-refractivity contribution < 1.29 is 28.8 Å². The van der Waals surface area contributed by atoms with Crippen molar-refractivity contribution in [2.75, 3.05) is 0 Å². The SMILES string of the molecule is CC(C)(C)OC(=O)C1CCC(C(=O)OC(C)(Cc2ccc(Cl)cc2)Cc2ccc([N+](=O)[O-])cc2)C1=O. The summed E-state index contributed by atoms with van der Waals surface area (Å²) in [5, 5.41) is 11.6. The fraction of sp³-hybridized carbons (Fsp3) is 0.444. The molecule has 192 valence electrons. The van der Waals surface area contributed by atoms with Crippen molar-refractivity contribution in [3.05, 3.63) is 74.8 Å². The van der Waals surface area contributed by atoms with E-state index in [2.05, 4.69) is 0 Å². The highest BCUT2D eigenvalue weighted by atomic mass is 35.5. The molecule has 3 atom stereocenters. The fourth-order valence-corrected chi connectivity index (χ4v) is 4.48. The van der Waals surface area contributed by atoms with Gasteiger partial charge in [0.25, 0.3) is 5.69 Å². The number of hydrogen-bond acceptors (Lipinski definition) is 7. The van der Waals surface area contributed by atoms with E-state index in [1.807, 2.05) is 12.1 Å². The summed E-state index contributed by atoms with van der Waals surface area (Å²) in [5.74, 6) is -3.84. The maximum absolute atomic E-state index is 13.2. The third-order valence-corrected chi connectivity index (χ3v) is 6.22. The van der Waals surface area contributed by atoms with E-state index in [4.69, 9.17) is 21.1 Å². The average molecular weight is 516 g/mol. The van der Waals surface area contributed by atoms with Crippen LogP contribution in [0.2, 0.25) is 5.02 Å². The van der Waals surface area contributed by atoms with Crippen molar-refractivity contribution in [2.45, 2.75) is 64.6 Å². The molecule has 0 radical (unpaired) electrons. The van der Waals surface area contributed by atoms with E-state index in [1.165, 1.54) is 12.1 Å². The Morgan fingerprint density at radius 1 is 0.889 bits per heavy atom. The minimum atomic E-state index is -1.06. The number of halogens is 1. The van der Waals surface area contributed by atoms with Gasteiger partial charge in [-0.2, -0.15) is 0 Å². The van der Waals surface area contributed by atoms with E-state index in [1.54, 1.807) is 52.0 Å². The van der Waals surface area contributed by atoms with Gasteiger partial charge in [-0.15, -0.1) is 0 Å². The molecule has 0 heterocycles. The van der Waals surface area contributed by atoms with Gasteiger partial charge in [0.05, 0.1) is 4.92 Å². The largest absolute Gasteiger partial charge is 0.459 e. The van der Waals surface area contributed by atoms with Gasteiger partial charge in [-0.3, -0.25) is 24.5 Å². The van der Waals surface area contributed by atoms with Gasteiger partial charge in [0.15, 0.2) is 5.78 Å². The van der Waals surface area contributed by atoms with Crippen LogP contribution < -0.4 is 0 Å². The van der Waals surface area contributed by atoms with Gasteiger partial charge >= 0.3 is 11.9 Å². The minimum absolute atomic E-state index is 0.0418. The number of nitro benzene ring substituents is 1. The van der Waals surface area contributed by atoms with Crippen molar-refractivity contribution in [3.63, 3.8) is 0 Å². The quantitative estimate of drug-likeness (QED) is 0.203. The first-order chi connectivity index (χ1) is 16.8. The fourth-order valence-electron chi connectivity index (χ4n) is 4.35.